The predicted molar refractivity (Wildman–Crippen MR) is 94.0 cm³/mol. The molecule has 1 aliphatic heterocycles. The lowest BCUT2D eigenvalue weighted by Crippen LogP contribution is -2.49. The maximum atomic E-state index is 12.3. The summed E-state index contributed by atoms with van der Waals surface area (Å²) in [7, 11) is 1.73. The first-order chi connectivity index (χ1) is 11.6. The molecular weight excluding hydrogens is 304 g/mol. The summed E-state index contributed by atoms with van der Waals surface area (Å²) in [5, 5.41) is 3.14. The molecule has 130 valence electrons. The molecule has 1 atom stereocenters. The van der Waals surface area contributed by atoms with Crippen LogP contribution in [-0.4, -0.2) is 34.6 Å². The molecule has 24 heavy (non-hydrogen) atoms. The lowest BCUT2D eigenvalue weighted by Gasteiger charge is -2.33. The van der Waals surface area contributed by atoms with Crippen LogP contribution in [0, 0.1) is 0 Å². The van der Waals surface area contributed by atoms with Crippen molar-refractivity contribution in [2.45, 2.75) is 51.0 Å². The molecule has 6 nitrogen and oxygen atoms in total. The summed E-state index contributed by atoms with van der Waals surface area (Å²) in [4.78, 5) is 30.8. The largest absolute Gasteiger partial charge is 0.351 e. The predicted octanol–water partition coefficient (Wildman–Crippen LogP) is 1.76. The molecule has 1 N–H and O–H groups in total. The molecular formula is C18H26N4O2. The molecule has 1 aromatic rings. The summed E-state index contributed by atoms with van der Waals surface area (Å²) in [5.41, 5.74) is 1.18. The van der Waals surface area contributed by atoms with Crippen molar-refractivity contribution >= 4 is 11.7 Å². The Morgan fingerprint density at radius 1 is 1.38 bits per heavy atom. The quantitative estimate of drug-likeness (QED) is 0.854. The van der Waals surface area contributed by atoms with Crippen molar-refractivity contribution in [1.29, 1.82) is 0 Å². The third-order valence-electron chi connectivity index (χ3n) is 4.86. The highest BCUT2D eigenvalue weighted by Crippen LogP contribution is 2.20. The van der Waals surface area contributed by atoms with Crippen LogP contribution in [-0.2, 0) is 11.8 Å². The second-order valence-corrected chi connectivity index (χ2v) is 6.80. The van der Waals surface area contributed by atoms with Gasteiger partial charge in [0.15, 0.2) is 5.82 Å². The number of carbonyl (C=O) groups excluding carboxylic acids is 1. The van der Waals surface area contributed by atoms with Crippen molar-refractivity contribution in [2.24, 2.45) is 7.05 Å². The average molecular weight is 330 g/mol. The van der Waals surface area contributed by atoms with Gasteiger partial charge >= 0.3 is 0 Å². The van der Waals surface area contributed by atoms with Crippen LogP contribution in [0.4, 0.5) is 5.82 Å². The number of aryl methyl sites for hydroxylation is 1. The zero-order valence-corrected chi connectivity index (χ0v) is 14.3. The van der Waals surface area contributed by atoms with E-state index >= 15 is 0 Å². The monoisotopic (exact) mass is 330 g/mol. The summed E-state index contributed by atoms with van der Waals surface area (Å²) in [5.74, 6) is 0.581. The minimum absolute atomic E-state index is 0.0853. The van der Waals surface area contributed by atoms with Crippen LogP contribution >= 0.6 is 0 Å². The van der Waals surface area contributed by atoms with E-state index in [1.807, 2.05) is 4.90 Å². The molecule has 0 spiro atoms. The maximum absolute atomic E-state index is 12.3. The maximum Gasteiger partial charge on any atom is 0.293 e. The van der Waals surface area contributed by atoms with Crippen molar-refractivity contribution in [2.75, 3.05) is 18.0 Å². The molecule has 1 fully saturated rings. The molecule has 1 aliphatic carbocycles. The van der Waals surface area contributed by atoms with E-state index in [2.05, 4.69) is 16.4 Å². The Morgan fingerprint density at radius 2 is 2.25 bits per heavy atom. The van der Waals surface area contributed by atoms with E-state index in [1.54, 1.807) is 24.0 Å². The zero-order valence-electron chi connectivity index (χ0n) is 14.3. The first-order valence-corrected chi connectivity index (χ1v) is 8.87. The van der Waals surface area contributed by atoms with Gasteiger partial charge in [-0.2, -0.15) is 0 Å². The summed E-state index contributed by atoms with van der Waals surface area (Å²) in [6.45, 7) is 1.46. The molecule has 3 rings (SSSR count). The molecule has 1 amide bonds. The number of nitrogens with zero attached hydrogens (tertiary/aromatic N) is 3. The highest BCUT2D eigenvalue weighted by atomic mass is 16.1. The van der Waals surface area contributed by atoms with Crippen LogP contribution in [0.25, 0.3) is 0 Å². The van der Waals surface area contributed by atoms with E-state index in [1.165, 1.54) is 18.4 Å². The Hall–Kier alpha value is -2.11. The minimum atomic E-state index is -0.0863. The van der Waals surface area contributed by atoms with E-state index in [-0.39, 0.29) is 17.5 Å². The second-order valence-electron chi connectivity index (χ2n) is 6.80. The number of nitrogens with one attached hydrogen (secondary N) is 1. The van der Waals surface area contributed by atoms with E-state index in [0.29, 0.717) is 18.8 Å². The van der Waals surface area contributed by atoms with Gasteiger partial charge in [-0.25, -0.2) is 4.98 Å². The van der Waals surface area contributed by atoms with Gasteiger partial charge in [-0.05, 0) is 38.5 Å². The van der Waals surface area contributed by atoms with E-state index < -0.39 is 0 Å². The zero-order chi connectivity index (χ0) is 16.9. The normalized spacial score (nSPS) is 21.3. The Kier molecular flexibility index (Phi) is 5.33. The van der Waals surface area contributed by atoms with Crippen LogP contribution < -0.4 is 15.8 Å². The Morgan fingerprint density at radius 3 is 3.04 bits per heavy atom. The molecule has 0 aromatic carbocycles. The Bertz CT molecular complexity index is 680. The number of anilines is 1. The van der Waals surface area contributed by atoms with Crippen LogP contribution in [0.2, 0.25) is 0 Å². The Balaban J connectivity index is 1.59. The van der Waals surface area contributed by atoms with E-state index in [4.69, 9.17) is 0 Å². The number of piperidine rings is 1. The SMILES string of the molecule is Cn1ccnc(N2CCC[C@H](NC(=O)CC3=CCCCC3)C2)c1=O. The van der Waals surface area contributed by atoms with Gasteiger partial charge in [0.25, 0.3) is 5.56 Å². The number of amides is 1. The number of allylic oxidation sites excluding steroid dienone is 1. The number of aromatic nitrogens is 2. The first-order valence-electron chi connectivity index (χ1n) is 8.87. The van der Waals surface area contributed by atoms with Gasteiger partial charge in [0, 0.05) is 45.0 Å². The van der Waals surface area contributed by atoms with Gasteiger partial charge in [0.2, 0.25) is 5.91 Å². The summed E-state index contributed by atoms with van der Waals surface area (Å²) in [6.07, 6.45) is 12.5. The number of hydrogen-bond acceptors (Lipinski definition) is 4. The smallest absolute Gasteiger partial charge is 0.293 e. The molecule has 6 heteroatoms. The minimum Gasteiger partial charge on any atom is -0.351 e. The molecule has 1 saturated heterocycles. The van der Waals surface area contributed by atoms with Gasteiger partial charge in [0.1, 0.15) is 0 Å². The summed E-state index contributed by atoms with van der Waals surface area (Å²) in [6, 6.07) is 0.0853. The highest BCUT2D eigenvalue weighted by molar-refractivity contribution is 5.79. The Labute approximate surface area is 142 Å². The fourth-order valence-electron chi connectivity index (χ4n) is 3.54. The fourth-order valence-corrected chi connectivity index (χ4v) is 3.54. The average Bonchev–Trinajstić information content (AvgIpc) is 2.58. The van der Waals surface area contributed by atoms with Crippen LogP contribution in [0.15, 0.2) is 28.8 Å². The summed E-state index contributed by atoms with van der Waals surface area (Å²) < 4.78 is 1.54. The third kappa shape index (κ3) is 4.04. The molecule has 2 aliphatic rings. The van der Waals surface area contributed by atoms with E-state index in [9.17, 15) is 9.59 Å². The molecule has 0 bridgehead atoms. The second kappa shape index (κ2) is 7.64. The van der Waals surface area contributed by atoms with Gasteiger partial charge in [-0.3, -0.25) is 9.59 Å². The van der Waals surface area contributed by atoms with Gasteiger partial charge in [-0.1, -0.05) is 11.6 Å². The topological polar surface area (TPSA) is 67.2 Å². The van der Waals surface area contributed by atoms with Crippen molar-refractivity contribution in [3.05, 3.63) is 34.4 Å². The summed E-state index contributed by atoms with van der Waals surface area (Å²) >= 11 is 0. The first kappa shape index (κ1) is 16.7. The molecule has 0 unspecified atom stereocenters. The third-order valence-corrected chi connectivity index (χ3v) is 4.86. The number of carbonyl (C=O) groups is 1. The molecule has 0 saturated carbocycles. The van der Waals surface area contributed by atoms with Gasteiger partial charge in [0.05, 0.1) is 0 Å². The van der Waals surface area contributed by atoms with E-state index in [0.717, 1.165) is 32.2 Å². The van der Waals surface area contributed by atoms with Crippen LogP contribution in [0.5, 0.6) is 0 Å². The lowest BCUT2D eigenvalue weighted by atomic mass is 9.96. The molecule has 1 aromatic heterocycles. The number of rotatable bonds is 4. The fraction of sp³-hybridized carbons (Fsp3) is 0.611. The van der Waals surface area contributed by atoms with Crippen molar-refractivity contribution in [1.82, 2.24) is 14.9 Å². The highest BCUT2D eigenvalue weighted by Gasteiger charge is 2.24. The van der Waals surface area contributed by atoms with Crippen molar-refractivity contribution in [3.63, 3.8) is 0 Å². The van der Waals surface area contributed by atoms with Crippen molar-refractivity contribution in [3.8, 4) is 0 Å². The van der Waals surface area contributed by atoms with Crippen LogP contribution in [0.3, 0.4) is 0 Å². The van der Waals surface area contributed by atoms with Gasteiger partial charge in [-0.15, -0.1) is 0 Å². The lowest BCUT2D eigenvalue weighted by molar-refractivity contribution is -0.121. The van der Waals surface area contributed by atoms with Gasteiger partial charge < -0.3 is 14.8 Å². The molecule has 2 heterocycles. The molecule has 0 radical (unpaired) electrons. The number of hydrogen-bond donors (Lipinski definition) is 1. The van der Waals surface area contributed by atoms with Crippen LogP contribution in [0.1, 0.15) is 44.9 Å². The van der Waals surface area contributed by atoms with Crippen molar-refractivity contribution < 1.29 is 4.79 Å². The standard InChI is InChI=1S/C18H26N4O2/c1-21-11-9-19-17(18(21)24)22-10-5-8-15(13-22)20-16(23)12-14-6-3-2-4-7-14/h6,9,11,15H,2-5,7-8,10,12-13H2,1H3,(H,20,23)/t15-/m0/s1.